The van der Waals surface area contributed by atoms with E-state index >= 15 is 0 Å². The zero-order valence-corrected chi connectivity index (χ0v) is 14.9. The van der Waals surface area contributed by atoms with Crippen LogP contribution in [0.3, 0.4) is 0 Å². The second-order valence-electron chi connectivity index (χ2n) is 5.70. The molecule has 0 atom stereocenters. The van der Waals surface area contributed by atoms with Crippen molar-refractivity contribution in [3.05, 3.63) is 66.1 Å². The molecule has 26 heavy (non-hydrogen) atoms. The number of nitrogens with zero attached hydrogens (tertiary/aromatic N) is 3. The number of methoxy groups -OCH3 is 1. The van der Waals surface area contributed by atoms with E-state index < -0.39 is 0 Å². The van der Waals surface area contributed by atoms with Gasteiger partial charge in [0, 0.05) is 40.9 Å². The van der Waals surface area contributed by atoms with E-state index in [9.17, 15) is 4.79 Å². The third kappa shape index (κ3) is 3.29. The summed E-state index contributed by atoms with van der Waals surface area (Å²) in [5.41, 5.74) is 3.52. The average molecular weight is 364 g/mol. The molecule has 0 saturated carbocycles. The fourth-order valence-corrected chi connectivity index (χ4v) is 3.54. The van der Waals surface area contributed by atoms with Crippen LogP contribution in [0.15, 0.2) is 60.4 Å². The van der Waals surface area contributed by atoms with Gasteiger partial charge in [-0.3, -0.25) is 14.2 Å². The molecule has 1 aromatic carbocycles. The minimum absolute atomic E-state index is 0.0735. The van der Waals surface area contributed by atoms with Gasteiger partial charge in [0.1, 0.15) is 5.75 Å². The van der Waals surface area contributed by atoms with Crippen LogP contribution in [-0.4, -0.2) is 27.4 Å². The maximum atomic E-state index is 12.3. The SMILES string of the molecule is COc1ccc(-c2cn3c(CC(=O)Nc4ccncc4)csc3n2)cc1. The zero-order valence-electron chi connectivity index (χ0n) is 14.0. The molecule has 4 rings (SSSR count). The van der Waals surface area contributed by atoms with Crippen LogP contribution in [-0.2, 0) is 11.2 Å². The van der Waals surface area contributed by atoms with E-state index in [4.69, 9.17) is 4.74 Å². The molecule has 3 heterocycles. The number of thiazole rings is 1. The van der Waals surface area contributed by atoms with Gasteiger partial charge in [-0.1, -0.05) is 0 Å². The van der Waals surface area contributed by atoms with Crippen LogP contribution in [0.4, 0.5) is 5.69 Å². The van der Waals surface area contributed by atoms with E-state index in [-0.39, 0.29) is 12.3 Å². The number of benzene rings is 1. The van der Waals surface area contributed by atoms with Crippen molar-refractivity contribution >= 4 is 27.9 Å². The Morgan fingerprint density at radius 3 is 2.69 bits per heavy atom. The Morgan fingerprint density at radius 1 is 1.19 bits per heavy atom. The topological polar surface area (TPSA) is 68.5 Å². The number of carbonyl (C=O) groups excluding carboxylic acids is 1. The first-order valence-corrected chi connectivity index (χ1v) is 8.90. The second kappa shape index (κ2) is 6.97. The summed E-state index contributed by atoms with van der Waals surface area (Å²) < 4.78 is 7.16. The van der Waals surface area contributed by atoms with Crippen LogP contribution in [0.2, 0.25) is 0 Å². The number of hydrogen-bond acceptors (Lipinski definition) is 5. The van der Waals surface area contributed by atoms with Crippen molar-refractivity contribution in [1.29, 1.82) is 0 Å². The van der Waals surface area contributed by atoms with Crippen LogP contribution in [0, 0.1) is 0 Å². The molecule has 3 aromatic heterocycles. The first-order chi connectivity index (χ1) is 12.7. The van der Waals surface area contributed by atoms with E-state index in [0.717, 1.165) is 33.3 Å². The highest BCUT2D eigenvalue weighted by Gasteiger charge is 2.13. The summed E-state index contributed by atoms with van der Waals surface area (Å²) in [6.45, 7) is 0. The molecular weight excluding hydrogens is 348 g/mol. The quantitative estimate of drug-likeness (QED) is 0.587. The normalized spacial score (nSPS) is 10.8. The van der Waals surface area contributed by atoms with Crippen LogP contribution in [0.5, 0.6) is 5.75 Å². The molecular formula is C19H16N4O2S. The monoisotopic (exact) mass is 364 g/mol. The van der Waals surface area contributed by atoms with Crippen molar-refractivity contribution in [3.8, 4) is 17.0 Å². The number of ether oxygens (including phenoxy) is 1. The number of imidazole rings is 1. The van der Waals surface area contributed by atoms with E-state index in [1.165, 1.54) is 11.3 Å². The number of anilines is 1. The molecule has 0 aliphatic heterocycles. The number of carbonyl (C=O) groups is 1. The van der Waals surface area contributed by atoms with Crippen LogP contribution >= 0.6 is 11.3 Å². The Bertz CT molecular complexity index is 1040. The third-order valence-corrected chi connectivity index (χ3v) is 4.86. The van der Waals surface area contributed by atoms with Crippen molar-refractivity contribution in [2.75, 3.05) is 12.4 Å². The molecule has 0 bridgehead atoms. The lowest BCUT2D eigenvalue weighted by atomic mass is 10.2. The average Bonchev–Trinajstić information content (AvgIpc) is 3.25. The summed E-state index contributed by atoms with van der Waals surface area (Å²) in [4.78, 5) is 21.8. The summed E-state index contributed by atoms with van der Waals surface area (Å²) in [5.74, 6) is 0.735. The van der Waals surface area contributed by atoms with Crippen LogP contribution in [0.25, 0.3) is 16.2 Å². The van der Waals surface area contributed by atoms with Gasteiger partial charge in [0.2, 0.25) is 5.91 Å². The molecule has 0 spiro atoms. The predicted octanol–water partition coefficient (Wildman–Crippen LogP) is 3.65. The molecule has 0 saturated heterocycles. The number of aromatic nitrogens is 3. The van der Waals surface area contributed by atoms with Gasteiger partial charge in [-0.2, -0.15) is 0 Å². The van der Waals surface area contributed by atoms with Crippen molar-refractivity contribution in [1.82, 2.24) is 14.4 Å². The lowest BCUT2D eigenvalue weighted by Crippen LogP contribution is -2.15. The first-order valence-electron chi connectivity index (χ1n) is 8.03. The van der Waals surface area contributed by atoms with Crippen molar-refractivity contribution in [2.24, 2.45) is 0 Å². The minimum Gasteiger partial charge on any atom is -0.497 e. The lowest BCUT2D eigenvalue weighted by molar-refractivity contribution is -0.115. The third-order valence-electron chi connectivity index (χ3n) is 3.97. The molecule has 6 nitrogen and oxygen atoms in total. The van der Waals surface area contributed by atoms with E-state index in [1.54, 1.807) is 31.6 Å². The fraction of sp³-hybridized carbons (Fsp3) is 0.105. The molecule has 1 N–H and O–H groups in total. The molecule has 0 aliphatic rings. The highest BCUT2D eigenvalue weighted by Crippen LogP contribution is 2.25. The van der Waals surface area contributed by atoms with Gasteiger partial charge < -0.3 is 10.1 Å². The molecule has 7 heteroatoms. The van der Waals surface area contributed by atoms with Crippen LogP contribution < -0.4 is 10.1 Å². The van der Waals surface area contributed by atoms with Gasteiger partial charge >= 0.3 is 0 Å². The summed E-state index contributed by atoms with van der Waals surface area (Å²) in [6, 6.07) is 11.3. The first kappa shape index (κ1) is 16.3. The fourth-order valence-electron chi connectivity index (χ4n) is 2.66. The van der Waals surface area contributed by atoms with Gasteiger partial charge in [-0.05, 0) is 36.4 Å². The maximum Gasteiger partial charge on any atom is 0.230 e. The van der Waals surface area contributed by atoms with E-state index in [1.807, 2.05) is 40.2 Å². The number of pyridine rings is 1. The second-order valence-corrected chi connectivity index (χ2v) is 6.53. The Morgan fingerprint density at radius 2 is 1.96 bits per heavy atom. The number of amides is 1. The van der Waals surface area contributed by atoms with Gasteiger partial charge in [-0.25, -0.2) is 4.98 Å². The number of hydrogen-bond donors (Lipinski definition) is 1. The van der Waals surface area contributed by atoms with Gasteiger partial charge in [-0.15, -0.1) is 11.3 Å². The number of nitrogens with one attached hydrogen (secondary N) is 1. The highest BCUT2D eigenvalue weighted by atomic mass is 32.1. The zero-order chi connectivity index (χ0) is 17.9. The van der Waals surface area contributed by atoms with Gasteiger partial charge in [0.25, 0.3) is 0 Å². The maximum absolute atomic E-state index is 12.3. The van der Waals surface area contributed by atoms with Crippen molar-refractivity contribution in [2.45, 2.75) is 6.42 Å². The largest absolute Gasteiger partial charge is 0.497 e. The Labute approximate surface area is 154 Å². The Balaban J connectivity index is 1.55. The summed E-state index contributed by atoms with van der Waals surface area (Å²) in [5, 5.41) is 4.84. The molecule has 0 fully saturated rings. The highest BCUT2D eigenvalue weighted by molar-refractivity contribution is 7.15. The number of fused-ring (bicyclic) bond motifs is 1. The van der Waals surface area contributed by atoms with E-state index in [0.29, 0.717) is 0 Å². The van der Waals surface area contributed by atoms with Gasteiger partial charge in [0.15, 0.2) is 4.96 Å². The summed E-state index contributed by atoms with van der Waals surface area (Å²) in [7, 11) is 1.64. The molecule has 0 aliphatic carbocycles. The number of rotatable bonds is 5. The summed E-state index contributed by atoms with van der Waals surface area (Å²) in [6.07, 6.45) is 5.54. The standard InChI is InChI=1S/C19H16N4O2S/c1-25-16-4-2-13(3-5-16)17-11-23-15(12-26-19(23)22-17)10-18(24)21-14-6-8-20-9-7-14/h2-9,11-12H,10H2,1H3,(H,20,21,24). The molecule has 0 unspecified atom stereocenters. The van der Waals surface area contributed by atoms with Crippen molar-refractivity contribution < 1.29 is 9.53 Å². The molecule has 0 radical (unpaired) electrons. The Kier molecular flexibility index (Phi) is 4.37. The minimum atomic E-state index is -0.0735. The van der Waals surface area contributed by atoms with Crippen LogP contribution in [0.1, 0.15) is 5.69 Å². The molecule has 130 valence electrons. The van der Waals surface area contributed by atoms with Crippen molar-refractivity contribution in [3.63, 3.8) is 0 Å². The lowest BCUT2D eigenvalue weighted by Gasteiger charge is -2.04. The van der Waals surface area contributed by atoms with E-state index in [2.05, 4.69) is 15.3 Å². The molecule has 4 aromatic rings. The smallest absolute Gasteiger partial charge is 0.230 e. The molecule has 1 amide bonds. The van der Waals surface area contributed by atoms with Gasteiger partial charge in [0.05, 0.1) is 19.2 Å². The summed E-state index contributed by atoms with van der Waals surface area (Å²) >= 11 is 1.52. The Hall–Kier alpha value is -3.19. The predicted molar refractivity (Wildman–Crippen MR) is 102 cm³/mol.